The van der Waals surface area contributed by atoms with Gasteiger partial charge in [-0.2, -0.15) is 0 Å². The van der Waals surface area contributed by atoms with E-state index in [4.69, 9.17) is 4.74 Å². The number of rotatable bonds is 11. The molecule has 1 aromatic carbocycles. The second-order valence-corrected chi connectivity index (χ2v) is 10.0. The summed E-state index contributed by atoms with van der Waals surface area (Å²) < 4.78 is 6.28. The summed E-state index contributed by atoms with van der Waals surface area (Å²) in [4.78, 5) is 0. The Kier molecular flexibility index (Phi) is 10.1. The summed E-state index contributed by atoms with van der Waals surface area (Å²) in [6.07, 6.45) is 21.0. The lowest BCUT2D eigenvalue weighted by atomic mass is 9.78. The first-order chi connectivity index (χ1) is 14.3. The maximum absolute atomic E-state index is 6.28. The van der Waals surface area contributed by atoms with Crippen LogP contribution in [0.3, 0.4) is 0 Å². The molecule has 0 spiro atoms. The van der Waals surface area contributed by atoms with E-state index in [1.54, 1.807) is 5.56 Å². The number of unbranched alkanes of at least 4 members (excludes halogenated alkanes) is 1. The van der Waals surface area contributed by atoms with Gasteiger partial charge in [-0.25, -0.2) is 0 Å². The molecule has 0 unspecified atom stereocenters. The van der Waals surface area contributed by atoms with E-state index in [-0.39, 0.29) is 0 Å². The van der Waals surface area contributed by atoms with Gasteiger partial charge in [0.2, 0.25) is 0 Å². The van der Waals surface area contributed by atoms with Gasteiger partial charge < -0.3 is 4.74 Å². The molecule has 1 nitrogen and oxygen atoms in total. The van der Waals surface area contributed by atoms with Crippen LogP contribution < -0.4 is 0 Å². The standard InChI is InChI=1S/C28H46O/c1-3-5-8-24-10-12-25(13-11-24)9-6-22-29-28-20-18-27(19-21-28)26-16-14-23(7-4-2)15-17-26/h14-17,24-25,27-28H,3-13,18-22H2,1-2H3/t24-,25-,27-,28-. The van der Waals surface area contributed by atoms with Crippen molar-refractivity contribution in [2.24, 2.45) is 11.8 Å². The van der Waals surface area contributed by atoms with Crippen LogP contribution in [0, 0.1) is 11.8 Å². The normalized spacial score (nSPS) is 27.8. The Bertz CT molecular complexity index is 532. The number of hydrogen-bond acceptors (Lipinski definition) is 1. The molecule has 2 aliphatic rings. The van der Waals surface area contributed by atoms with E-state index in [9.17, 15) is 0 Å². The van der Waals surface area contributed by atoms with E-state index < -0.39 is 0 Å². The van der Waals surface area contributed by atoms with E-state index >= 15 is 0 Å². The molecule has 1 heteroatoms. The summed E-state index contributed by atoms with van der Waals surface area (Å²) in [6, 6.07) is 9.46. The third-order valence-electron chi connectivity index (χ3n) is 7.71. The largest absolute Gasteiger partial charge is 0.378 e. The molecule has 1 aromatic rings. The van der Waals surface area contributed by atoms with Crippen molar-refractivity contribution in [3.63, 3.8) is 0 Å². The van der Waals surface area contributed by atoms with Gasteiger partial charge in [-0.3, -0.25) is 0 Å². The molecule has 0 aromatic heterocycles. The van der Waals surface area contributed by atoms with Crippen LogP contribution in [-0.2, 0) is 11.2 Å². The van der Waals surface area contributed by atoms with Crippen LogP contribution in [0.4, 0.5) is 0 Å². The first-order valence-electron chi connectivity index (χ1n) is 13.0. The Morgan fingerprint density at radius 1 is 0.724 bits per heavy atom. The molecular weight excluding hydrogens is 352 g/mol. The van der Waals surface area contributed by atoms with Gasteiger partial charge in [-0.1, -0.05) is 89.5 Å². The van der Waals surface area contributed by atoms with Crippen molar-refractivity contribution >= 4 is 0 Å². The SMILES string of the molecule is CCCC[C@H]1CC[C@H](CCCO[C@H]2CC[C@H](c3ccc(CCC)cc3)CC2)CC1. The van der Waals surface area contributed by atoms with Gasteiger partial charge in [0, 0.05) is 6.61 Å². The van der Waals surface area contributed by atoms with Crippen molar-refractivity contribution in [1.29, 1.82) is 0 Å². The van der Waals surface area contributed by atoms with Gasteiger partial charge in [-0.15, -0.1) is 0 Å². The molecule has 2 aliphatic carbocycles. The fraction of sp³-hybridized carbons (Fsp3) is 0.786. The van der Waals surface area contributed by atoms with Crippen LogP contribution in [0.15, 0.2) is 24.3 Å². The summed E-state index contributed by atoms with van der Waals surface area (Å²) in [7, 11) is 0. The molecule has 0 heterocycles. The van der Waals surface area contributed by atoms with Crippen LogP contribution >= 0.6 is 0 Å². The lowest BCUT2D eigenvalue weighted by Gasteiger charge is -2.30. The van der Waals surface area contributed by atoms with Gasteiger partial charge >= 0.3 is 0 Å². The highest BCUT2D eigenvalue weighted by Gasteiger charge is 2.23. The summed E-state index contributed by atoms with van der Waals surface area (Å²) in [5, 5.41) is 0. The first-order valence-corrected chi connectivity index (χ1v) is 13.0. The molecule has 0 aliphatic heterocycles. The van der Waals surface area contributed by atoms with Crippen LogP contribution in [0.2, 0.25) is 0 Å². The van der Waals surface area contributed by atoms with Gasteiger partial charge in [0.1, 0.15) is 0 Å². The fourth-order valence-electron chi connectivity index (χ4n) is 5.73. The zero-order chi connectivity index (χ0) is 20.3. The topological polar surface area (TPSA) is 9.23 Å². The second kappa shape index (κ2) is 12.8. The monoisotopic (exact) mass is 398 g/mol. The maximum atomic E-state index is 6.28. The Morgan fingerprint density at radius 2 is 1.34 bits per heavy atom. The summed E-state index contributed by atoms with van der Waals surface area (Å²) in [5.41, 5.74) is 3.04. The molecule has 0 amide bonds. The smallest absolute Gasteiger partial charge is 0.0575 e. The molecule has 2 fully saturated rings. The van der Waals surface area contributed by atoms with Crippen molar-refractivity contribution in [1.82, 2.24) is 0 Å². The van der Waals surface area contributed by atoms with Crippen LogP contribution in [-0.4, -0.2) is 12.7 Å². The van der Waals surface area contributed by atoms with Crippen molar-refractivity contribution in [2.75, 3.05) is 6.61 Å². The Balaban J connectivity index is 1.25. The average Bonchev–Trinajstić information content (AvgIpc) is 2.77. The zero-order valence-corrected chi connectivity index (χ0v) is 19.3. The number of ether oxygens (including phenoxy) is 1. The van der Waals surface area contributed by atoms with Crippen molar-refractivity contribution < 1.29 is 4.74 Å². The lowest BCUT2D eigenvalue weighted by Crippen LogP contribution is -2.21. The summed E-state index contributed by atoms with van der Waals surface area (Å²) in [5.74, 6) is 2.79. The number of hydrogen-bond donors (Lipinski definition) is 0. The molecule has 0 saturated heterocycles. The van der Waals surface area contributed by atoms with Crippen LogP contribution in [0.5, 0.6) is 0 Å². The highest BCUT2D eigenvalue weighted by molar-refractivity contribution is 5.25. The number of benzene rings is 1. The van der Waals surface area contributed by atoms with E-state index in [1.807, 2.05) is 0 Å². The molecule has 2 saturated carbocycles. The highest BCUT2D eigenvalue weighted by atomic mass is 16.5. The third-order valence-corrected chi connectivity index (χ3v) is 7.71. The van der Waals surface area contributed by atoms with E-state index in [1.165, 1.54) is 102 Å². The van der Waals surface area contributed by atoms with E-state index in [0.717, 1.165) is 24.4 Å². The first kappa shape index (κ1) is 22.9. The van der Waals surface area contributed by atoms with E-state index in [0.29, 0.717) is 6.10 Å². The van der Waals surface area contributed by atoms with Gasteiger partial charge in [-0.05, 0) is 73.8 Å². The molecule has 3 rings (SSSR count). The van der Waals surface area contributed by atoms with Crippen molar-refractivity contribution in [3.8, 4) is 0 Å². The van der Waals surface area contributed by atoms with Gasteiger partial charge in [0.25, 0.3) is 0 Å². The molecule has 0 atom stereocenters. The predicted molar refractivity (Wildman–Crippen MR) is 126 cm³/mol. The van der Waals surface area contributed by atoms with Gasteiger partial charge in [0.15, 0.2) is 0 Å². The Morgan fingerprint density at radius 3 is 1.93 bits per heavy atom. The molecule has 0 radical (unpaired) electrons. The predicted octanol–water partition coefficient (Wildman–Crippen LogP) is 8.46. The second-order valence-electron chi connectivity index (χ2n) is 10.0. The maximum Gasteiger partial charge on any atom is 0.0575 e. The third kappa shape index (κ3) is 7.74. The zero-order valence-electron chi connectivity index (χ0n) is 19.3. The minimum absolute atomic E-state index is 0.524. The van der Waals surface area contributed by atoms with Crippen LogP contribution in [0.25, 0.3) is 0 Å². The van der Waals surface area contributed by atoms with Crippen molar-refractivity contribution in [2.45, 2.75) is 122 Å². The highest BCUT2D eigenvalue weighted by Crippen LogP contribution is 2.36. The quantitative estimate of drug-likeness (QED) is 0.340. The summed E-state index contributed by atoms with van der Waals surface area (Å²) in [6.45, 7) is 5.58. The Hall–Kier alpha value is -0.820. The molecule has 0 N–H and O–H groups in total. The Labute approximate surface area is 181 Å². The molecule has 0 bridgehead atoms. The lowest BCUT2D eigenvalue weighted by molar-refractivity contribution is 0.0204. The molecular formula is C28H46O. The molecule has 29 heavy (non-hydrogen) atoms. The summed E-state index contributed by atoms with van der Waals surface area (Å²) >= 11 is 0. The van der Waals surface area contributed by atoms with Crippen LogP contribution in [0.1, 0.15) is 121 Å². The van der Waals surface area contributed by atoms with Gasteiger partial charge in [0.05, 0.1) is 6.10 Å². The van der Waals surface area contributed by atoms with E-state index in [2.05, 4.69) is 38.1 Å². The van der Waals surface area contributed by atoms with Crippen molar-refractivity contribution in [3.05, 3.63) is 35.4 Å². The minimum atomic E-state index is 0.524. The fourth-order valence-corrected chi connectivity index (χ4v) is 5.73. The number of aryl methyl sites for hydroxylation is 1. The molecule has 164 valence electrons. The minimum Gasteiger partial charge on any atom is -0.378 e. The average molecular weight is 399 g/mol.